The third-order valence-corrected chi connectivity index (χ3v) is 8.52. The molecule has 5 nitrogen and oxygen atoms in total. The Balaban J connectivity index is 1.61. The van der Waals surface area contributed by atoms with Gasteiger partial charge < -0.3 is 20.7 Å². The average Bonchev–Trinajstić information content (AvgIpc) is 2.89. The quantitative estimate of drug-likeness (QED) is 0.203. The Kier molecular flexibility index (Phi) is 9.49. The summed E-state index contributed by atoms with van der Waals surface area (Å²) in [5.74, 6) is -1.35. The van der Waals surface area contributed by atoms with E-state index in [1.807, 2.05) is 22.6 Å². The van der Waals surface area contributed by atoms with Crippen LogP contribution in [-0.2, 0) is 17.4 Å². The number of aliphatic hydroxyl groups is 1. The summed E-state index contributed by atoms with van der Waals surface area (Å²) in [5, 5.41) is 18.3. The first kappa shape index (κ1) is 29.7. The van der Waals surface area contributed by atoms with Gasteiger partial charge in [0.1, 0.15) is 11.6 Å². The zero-order chi connectivity index (χ0) is 28.2. The number of aromatic amines is 1. The fraction of sp³-hybridized carbons (Fsp3) is 0.452. The van der Waals surface area contributed by atoms with Gasteiger partial charge in [0, 0.05) is 30.5 Å². The van der Waals surface area contributed by atoms with Gasteiger partial charge in [-0.3, -0.25) is 4.79 Å². The van der Waals surface area contributed by atoms with E-state index in [9.17, 15) is 18.7 Å². The van der Waals surface area contributed by atoms with Gasteiger partial charge in [-0.2, -0.15) is 0 Å². The Morgan fingerprint density at radius 3 is 2.41 bits per heavy atom. The minimum absolute atomic E-state index is 0.0148. The second-order valence-electron chi connectivity index (χ2n) is 11.7. The van der Waals surface area contributed by atoms with Crippen molar-refractivity contribution in [2.75, 3.05) is 11.9 Å². The fourth-order valence-corrected chi connectivity index (χ4v) is 5.95. The highest BCUT2D eigenvalue weighted by Crippen LogP contribution is 2.38. The second-order valence-corrected chi connectivity index (χ2v) is 12.9. The second kappa shape index (κ2) is 12.5. The molecular formula is C31H38F2IN3O2. The van der Waals surface area contributed by atoms with E-state index in [-0.39, 0.29) is 29.3 Å². The first-order chi connectivity index (χ1) is 18.5. The predicted octanol–water partition coefficient (Wildman–Crippen LogP) is 6.39. The third-order valence-electron chi connectivity index (χ3n) is 7.72. The van der Waals surface area contributed by atoms with Gasteiger partial charge in [-0.05, 0) is 76.1 Å². The fourth-order valence-electron chi connectivity index (χ4n) is 5.48. The summed E-state index contributed by atoms with van der Waals surface area (Å²) in [7, 11) is 0. The highest BCUT2D eigenvalue weighted by Gasteiger charge is 2.35. The Labute approximate surface area is 243 Å². The summed E-state index contributed by atoms with van der Waals surface area (Å²) in [5.41, 5.74) is 2.71. The molecule has 1 aliphatic rings. The van der Waals surface area contributed by atoms with Crippen molar-refractivity contribution in [1.29, 1.82) is 0 Å². The lowest BCUT2D eigenvalue weighted by atomic mass is 9.74. The number of benzene rings is 2. The van der Waals surface area contributed by atoms with Crippen LogP contribution in [0.5, 0.6) is 0 Å². The van der Waals surface area contributed by atoms with E-state index >= 15 is 0 Å². The molecule has 2 aromatic carbocycles. The van der Waals surface area contributed by atoms with Crippen molar-refractivity contribution < 1.29 is 13.9 Å². The number of anilines is 1. The molecule has 39 heavy (non-hydrogen) atoms. The van der Waals surface area contributed by atoms with E-state index < -0.39 is 23.8 Å². The van der Waals surface area contributed by atoms with Gasteiger partial charge in [-0.1, -0.05) is 64.3 Å². The van der Waals surface area contributed by atoms with Crippen molar-refractivity contribution in [3.05, 3.63) is 97.0 Å². The standard InChI is InChI=1S/C31H38F2IN3O2/c1-30(2,3)21-8-7-9-22(15-21)31(10-5-4-6-11-31)36-19-28(38)26(14-20-12-23(32)16-24(33)13-20)37-27-18-35-17-25(34)29(27)39/h7-9,12-13,15-18,26,28,36-38H,4-6,10-11,14,19H2,1-3H3,(H,35,39). The molecule has 4 N–H and O–H groups in total. The van der Waals surface area contributed by atoms with Crippen molar-refractivity contribution in [3.63, 3.8) is 0 Å². The lowest BCUT2D eigenvalue weighted by Gasteiger charge is -2.41. The van der Waals surface area contributed by atoms with Crippen LogP contribution >= 0.6 is 22.6 Å². The number of aromatic nitrogens is 1. The minimum Gasteiger partial charge on any atom is -0.390 e. The molecular weight excluding hydrogens is 611 g/mol. The zero-order valence-corrected chi connectivity index (χ0v) is 24.9. The van der Waals surface area contributed by atoms with Crippen LogP contribution in [-0.4, -0.2) is 28.8 Å². The lowest BCUT2D eigenvalue weighted by molar-refractivity contribution is 0.122. The number of H-pyrrole nitrogens is 1. The van der Waals surface area contributed by atoms with Crippen molar-refractivity contribution in [2.45, 2.75) is 82.4 Å². The van der Waals surface area contributed by atoms with Crippen LogP contribution in [0.2, 0.25) is 0 Å². The smallest absolute Gasteiger partial charge is 0.217 e. The van der Waals surface area contributed by atoms with Crippen molar-refractivity contribution in [3.8, 4) is 0 Å². The Hall–Kier alpha value is -2.30. The van der Waals surface area contributed by atoms with Gasteiger partial charge in [-0.15, -0.1) is 0 Å². The summed E-state index contributed by atoms with van der Waals surface area (Å²) in [4.78, 5) is 15.7. The first-order valence-electron chi connectivity index (χ1n) is 13.6. The molecule has 0 aliphatic heterocycles. The van der Waals surface area contributed by atoms with Gasteiger partial charge in [0.15, 0.2) is 0 Å². The summed E-state index contributed by atoms with van der Waals surface area (Å²) in [6.07, 6.45) is 7.60. The van der Waals surface area contributed by atoms with Crippen LogP contribution in [0.3, 0.4) is 0 Å². The molecule has 0 radical (unpaired) electrons. The normalized spacial score (nSPS) is 17.0. The number of nitrogens with one attached hydrogen (secondary N) is 3. The molecule has 0 bridgehead atoms. The maximum atomic E-state index is 14.0. The van der Waals surface area contributed by atoms with Crippen molar-refractivity contribution in [1.82, 2.24) is 10.3 Å². The van der Waals surface area contributed by atoms with Crippen LogP contribution in [0.4, 0.5) is 14.5 Å². The number of hydrogen-bond acceptors (Lipinski definition) is 4. The van der Waals surface area contributed by atoms with Crippen LogP contribution in [0.25, 0.3) is 0 Å². The van der Waals surface area contributed by atoms with E-state index in [2.05, 4.69) is 60.7 Å². The van der Waals surface area contributed by atoms with E-state index in [0.29, 0.717) is 14.8 Å². The molecule has 1 saturated carbocycles. The minimum atomic E-state index is -0.946. The van der Waals surface area contributed by atoms with Crippen LogP contribution in [0.1, 0.15) is 69.6 Å². The number of halogens is 3. The first-order valence-corrected chi connectivity index (χ1v) is 14.7. The summed E-state index contributed by atoms with van der Waals surface area (Å²) in [6.45, 7) is 6.86. The Bertz CT molecular complexity index is 1310. The summed E-state index contributed by atoms with van der Waals surface area (Å²) in [6, 6.07) is 11.4. The molecule has 0 spiro atoms. The largest absolute Gasteiger partial charge is 0.390 e. The molecule has 1 aliphatic carbocycles. The molecule has 2 unspecified atom stereocenters. The maximum Gasteiger partial charge on any atom is 0.217 e. The van der Waals surface area contributed by atoms with E-state index in [4.69, 9.17) is 0 Å². The van der Waals surface area contributed by atoms with Crippen molar-refractivity contribution >= 4 is 28.3 Å². The molecule has 1 fully saturated rings. The van der Waals surface area contributed by atoms with E-state index in [1.54, 1.807) is 12.4 Å². The average molecular weight is 650 g/mol. The number of rotatable bonds is 9. The number of pyridine rings is 1. The van der Waals surface area contributed by atoms with Gasteiger partial charge in [0.05, 0.1) is 21.4 Å². The third kappa shape index (κ3) is 7.46. The Morgan fingerprint density at radius 2 is 1.74 bits per heavy atom. The van der Waals surface area contributed by atoms with Gasteiger partial charge >= 0.3 is 0 Å². The van der Waals surface area contributed by atoms with Gasteiger partial charge in [0.25, 0.3) is 0 Å². The van der Waals surface area contributed by atoms with Crippen molar-refractivity contribution in [2.24, 2.45) is 0 Å². The van der Waals surface area contributed by atoms with Crippen LogP contribution in [0, 0.1) is 15.2 Å². The predicted molar refractivity (Wildman–Crippen MR) is 161 cm³/mol. The molecule has 0 saturated heterocycles. The summed E-state index contributed by atoms with van der Waals surface area (Å²) >= 11 is 1.95. The molecule has 3 aromatic rings. The van der Waals surface area contributed by atoms with E-state index in [1.165, 1.54) is 29.7 Å². The van der Waals surface area contributed by atoms with Gasteiger partial charge in [0.2, 0.25) is 5.43 Å². The summed E-state index contributed by atoms with van der Waals surface area (Å²) < 4.78 is 28.5. The molecule has 1 aromatic heterocycles. The molecule has 2 atom stereocenters. The topological polar surface area (TPSA) is 77.2 Å². The molecule has 1 heterocycles. The maximum absolute atomic E-state index is 14.0. The van der Waals surface area contributed by atoms with Crippen LogP contribution in [0.15, 0.2) is 59.7 Å². The molecule has 8 heteroatoms. The van der Waals surface area contributed by atoms with Crippen LogP contribution < -0.4 is 16.1 Å². The monoisotopic (exact) mass is 649 g/mol. The number of hydrogen-bond donors (Lipinski definition) is 4. The molecule has 0 amide bonds. The highest BCUT2D eigenvalue weighted by atomic mass is 127. The molecule has 4 rings (SSSR count). The number of aliphatic hydroxyl groups excluding tert-OH is 1. The van der Waals surface area contributed by atoms with Gasteiger partial charge in [-0.25, -0.2) is 8.78 Å². The Morgan fingerprint density at radius 1 is 1.05 bits per heavy atom. The SMILES string of the molecule is CC(C)(C)c1cccc(C2(NCC(O)C(Cc3cc(F)cc(F)c3)Nc3c[nH]cc(I)c3=O)CCCCC2)c1. The lowest BCUT2D eigenvalue weighted by Crippen LogP contribution is -2.51. The van der Waals surface area contributed by atoms with E-state index in [0.717, 1.165) is 31.7 Å². The molecule has 210 valence electrons. The zero-order valence-electron chi connectivity index (χ0n) is 22.8. The highest BCUT2D eigenvalue weighted by molar-refractivity contribution is 14.1.